The highest BCUT2D eigenvalue weighted by Gasteiger charge is 2.25. The maximum atomic E-state index is 5.17. The Balaban J connectivity index is 2.25. The van der Waals surface area contributed by atoms with Gasteiger partial charge in [0.1, 0.15) is 11.6 Å². The van der Waals surface area contributed by atoms with Gasteiger partial charge in [-0.2, -0.15) is 4.98 Å². The van der Waals surface area contributed by atoms with Gasteiger partial charge in [-0.3, -0.25) is 0 Å². The molecule has 1 aromatic heterocycles. The molecule has 0 bridgehead atoms. The average molecular weight is 222 g/mol. The van der Waals surface area contributed by atoms with E-state index in [9.17, 15) is 0 Å². The highest BCUT2D eigenvalue weighted by Crippen LogP contribution is 2.20. The summed E-state index contributed by atoms with van der Waals surface area (Å²) in [6.07, 6.45) is 0. The number of hydrogen-bond acceptors (Lipinski definition) is 5. The highest BCUT2D eigenvalue weighted by molar-refractivity contribution is 5.43. The van der Waals surface area contributed by atoms with Gasteiger partial charge in [-0.05, 0) is 13.8 Å². The summed E-state index contributed by atoms with van der Waals surface area (Å²) in [7, 11) is 1.63. The Morgan fingerprint density at radius 2 is 2.25 bits per heavy atom. The van der Waals surface area contributed by atoms with Crippen LogP contribution in [0.4, 0.5) is 5.82 Å². The molecule has 0 aliphatic carbocycles. The summed E-state index contributed by atoms with van der Waals surface area (Å²) in [4.78, 5) is 10.9. The van der Waals surface area contributed by atoms with Crippen molar-refractivity contribution < 1.29 is 4.74 Å². The molecule has 0 amide bonds. The molecule has 1 N–H and O–H groups in total. The van der Waals surface area contributed by atoms with Crippen LogP contribution in [0.15, 0.2) is 6.07 Å². The number of rotatable bonds is 4. The summed E-state index contributed by atoms with van der Waals surface area (Å²) in [5.74, 6) is 2.34. The molecule has 1 aliphatic rings. The second kappa shape index (κ2) is 4.65. The molecular formula is C11H18N4O. The van der Waals surface area contributed by atoms with Crippen LogP contribution in [0.1, 0.15) is 12.7 Å². The second-order valence-corrected chi connectivity index (χ2v) is 3.91. The van der Waals surface area contributed by atoms with Gasteiger partial charge in [-0.1, -0.05) is 0 Å². The van der Waals surface area contributed by atoms with Crippen molar-refractivity contribution in [2.45, 2.75) is 19.9 Å². The summed E-state index contributed by atoms with van der Waals surface area (Å²) < 4.78 is 5.17. The van der Waals surface area contributed by atoms with E-state index in [1.54, 1.807) is 7.11 Å². The Labute approximate surface area is 95.8 Å². The fraction of sp³-hybridized carbons (Fsp3) is 0.636. The molecule has 1 saturated heterocycles. The van der Waals surface area contributed by atoms with Gasteiger partial charge in [0, 0.05) is 25.7 Å². The van der Waals surface area contributed by atoms with E-state index >= 15 is 0 Å². The highest BCUT2D eigenvalue weighted by atomic mass is 16.5. The van der Waals surface area contributed by atoms with E-state index in [0.29, 0.717) is 11.9 Å². The van der Waals surface area contributed by atoms with Crippen molar-refractivity contribution in [3.05, 3.63) is 11.9 Å². The number of likely N-dealkylation sites (N-methyl/N-ethyl adjacent to an activating group) is 1. The lowest BCUT2D eigenvalue weighted by molar-refractivity contribution is 0.391. The van der Waals surface area contributed by atoms with Crippen molar-refractivity contribution in [2.24, 2.45) is 0 Å². The number of aryl methyl sites for hydroxylation is 1. The Morgan fingerprint density at radius 3 is 2.75 bits per heavy atom. The van der Waals surface area contributed by atoms with Gasteiger partial charge in [0.15, 0.2) is 0 Å². The fourth-order valence-electron chi connectivity index (χ4n) is 1.88. The Kier molecular flexibility index (Phi) is 3.24. The van der Waals surface area contributed by atoms with Gasteiger partial charge in [-0.15, -0.1) is 0 Å². The van der Waals surface area contributed by atoms with Crippen LogP contribution >= 0.6 is 0 Å². The Bertz CT molecular complexity index is 365. The lowest BCUT2D eigenvalue weighted by Gasteiger charge is -2.38. The zero-order valence-electron chi connectivity index (χ0n) is 10.0. The van der Waals surface area contributed by atoms with E-state index in [1.807, 2.05) is 13.0 Å². The number of nitrogens with zero attached hydrogens (tertiary/aromatic N) is 3. The largest absolute Gasteiger partial charge is 0.481 e. The molecule has 0 aromatic carbocycles. The average Bonchev–Trinajstić information content (AvgIpc) is 2.22. The normalized spacial score (nSPS) is 15.7. The van der Waals surface area contributed by atoms with Crippen molar-refractivity contribution in [1.29, 1.82) is 0 Å². The number of ether oxygens (including phenoxy) is 1. The van der Waals surface area contributed by atoms with Gasteiger partial charge < -0.3 is 15.0 Å². The third-order valence-electron chi connectivity index (χ3n) is 2.85. The van der Waals surface area contributed by atoms with Crippen LogP contribution in [0, 0.1) is 6.92 Å². The van der Waals surface area contributed by atoms with Crippen LogP contribution in [0.5, 0.6) is 5.88 Å². The molecule has 2 heterocycles. The molecule has 5 nitrogen and oxygen atoms in total. The standard InChI is InChI=1S/C11H18N4O/c1-4-15(9-6-12-7-9)10-5-11(16-3)14-8(2)13-10/h5,9,12H,4,6-7H2,1-3H3. The van der Waals surface area contributed by atoms with E-state index in [0.717, 1.165) is 31.3 Å². The maximum absolute atomic E-state index is 5.17. The summed E-state index contributed by atoms with van der Waals surface area (Å²) in [6, 6.07) is 2.44. The fourth-order valence-corrected chi connectivity index (χ4v) is 1.88. The lowest BCUT2D eigenvalue weighted by atomic mass is 10.1. The van der Waals surface area contributed by atoms with E-state index in [2.05, 4.69) is 27.1 Å². The number of nitrogens with one attached hydrogen (secondary N) is 1. The van der Waals surface area contributed by atoms with Crippen molar-refractivity contribution in [1.82, 2.24) is 15.3 Å². The zero-order chi connectivity index (χ0) is 11.5. The number of methoxy groups -OCH3 is 1. The first-order valence-electron chi connectivity index (χ1n) is 5.61. The minimum absolute atomic E-state index is 0.545. The van der Waals surface area contributed by atoms with Crippen LogP contribution in [-0.2, 0) is 0 Å². The molecule has 2 rings (SSSR count). The van der Waals surface area contributed by atoms with Crippen molar-refractivity contribution in [2.75, 3.05) is 31.6 Å². The number of aromatic nitrogens is 2. The van der Waals surface area contributed by atoms with Crippen LogP contribution in [0.2, 0.25) is 0 Å². The molecule has 1 aromatic rings. The van der Waals surface area contributed by atoms with Crippen molar-refractivity contribution >= 4 is 5.82 Å². The molecule has 0 radical (unpaired) electrons. The summed E-state index contributed by atoms with van der Waals surface area (Å²) in [5.41, 5.74) is 0. The molecule has 1 aliphatic heterocycles. The topological polar surface area (TPSA) is 50.3 Å². The predicted octanol–water partition coefficient (Wildman–Crippen LogP) is 0.592. The SMILES string of the molecule is CCN(c1cc(OC)nc(C)n1)C1CNC1. The van der Waals surface area contributed by atoms with Crippen LogP contribution < -0.4 is 15.0 Å². The van der Waals surface area contributed by atoms with Gasteiger partial charge in [-0.25, -0.2) is 4.98 Å². The van der Waals surface area contributed by atoms with Gasteiger partial charge in [0.05, 0.1) is 13.2 Å². The first-order valence-corrected chi connectivity index (χ1v) is 5.61. The van der Waals surface area contributed by atoms with E-state index in [-0.39, 0.29) is 0 Å². The van der Waals surface area contributed by atoms with Gasteiger partial charge >= 0.3 is 0 Å². The second-order valence-electron chi connectivity index (χ2n) is 3.91. The molecule has 0 atom stereocenters. The molecule has 1 fully saturated rings. The summed E-state index contributed by atoms with van der Waals surface area (Å²) in [6.45, 7) is 7.03. The molecule has 5 heteroatoms. The summed E-state index contributed by atoms with van der Waals surface area (Å²) >= 11 is 0. The van der Waals surface area contributed by atoms with Crippen LogP contribution in [0.3, 0.4) is 0 Å². The smallest absolute Gasteiger partial charge is 0.218 e. The van der Waals surface area contributed by atoms with E-state index < -0.39 is 0 Å². The third kappa shape index (κ3) is 2.09. The minimum atomic E-state index is 0.545. The third-order valence-corrected chi connectivity index (χ3v) is 2.85. The molecule has 16 heavy (non-hydrogen) atoms. The van der Waals surface area contributed by atoms with Gasteiger partial charge in [0.25, 0.3) is 0 Å². The molecule has 0 spiro atoms. The number of hydrogen-bond donors (Lipinski definition) is 1. The lowest BCUT2D eigenvalue weighted by Crippen LogP contribution is -2.57. The number of anilines is 1. The first-order chi connectivity index (χ1) is 7.74. The van der Waals surface area contributed by atoms with Crippen molar-refractivity contribution in [3.63, 3.8) is 0 Å². The zero-order valence-corrected chi connectivity index (χ0v) is 10.0. The molecule has 0 unspecified atom stereocenters. The summed E-state index contributed by atoms with van der Waals surface area (Å²) in [5, 5.41) is 3.27. The quantitative estimate of drug-likeness (QED) is 0.808. The van der Waals surface area contributed by atoms with E-state index in [1.165, 1.54) is 0 Å². The van der Waals surface area contributed by atoms with Crippen LogP contribution in [0.25, 0.3) is 0 Å². The Morgan fingerprint density at radius 1 is 1.50 bits per heavy atom. The maximum Gasteiger partial charge on any atom is 0.218 e. The predicted molar refractivity (Wildman–Crippen MR) is 63.0 cm³/mol. The van der Waals surface area contributed by atoms with E-state index in [4.69, 9.17) is 4.74 Å². The first kappa shape index (κ1) is 11.1. The van der Waals surface area contributed by atoms with Crippen LogP contribution in [-0.4, -0.2) is 42.8 Å². The van der Waals surface area contributed by atoms with Gasteiger partial charge in [0.2, 0.25) is 5.88 Å². The minimum Gasteiger partial charge on any atom is -0.481 e. The molecule has 88 valence electrons. The molecular weight excluding hydrogens is 204 g/mol. The van der Waals surface area contributed by atoms with Crippen molar-refractivity contribution in [3.8, 4) is 5.88 Å². The monoisotopic (exact) mass is 222 g/mol. The Hall–Kier alpha value is -1.36. The molecule has 0 saturated carbocycles.